The van der Waals surface area contributed by atoms with Crippen molar-refractivity contribution in [3.05, 3.63) is 18.3 Å². The standard InChI is InChI=1S/C11H12N2O5/c1-2-17-11(16)7(14)8-10(15)13-9-6(18-8)4-3-5-12-9/h3-5,7-8,14H,2H2,1H3,(H,12,13,15)/t7-,8+/m1/s1. The normalized spacial score (nSPS) is 19.2. The van der Waals surface area contributed by atoms with Crippen LogP contribution in [0.5, 0.6) is 5.75 Å². The van der Waals surface area contributed by atoms with Crippen LogP contribution in [-0.2, 0) is 14.3 Å². The van der Waals surface area contributed by atoms with Gasteiger partial charge in [0.25, 0.3) is 5.91 Å². The number of hydrogen-bond acceptors (Lipinski definition) is 6. The monoisotopic (exact) mass is 252 g/mol. The molecule has 1 aliphatic heterocycles. The maximum atomic E-state index is 11.7. The second-order valence-electron chi connectivity index (χ2n) is 3.57. The number of nitrogens with zero attached hydrogens (tertiary/aromatic N) is 1. The van der Waals surface area contributed by atoms with Crippen molar-refractivity contribution in [3.63, 3.8) is 0 Å². The van der Waals surface area contributed by atoms with E-state index in [1.165, 1.54) is 6.20 Å². The van der Waals surface area contributed by atoms with Gasteiger partial charge in [0.05, 0.1) is 6.61 Å². The number of fused-ring (bicyclic) bond motifs is 1. The van der Waals surface area contributed by atoms with Crippen molar-refractivity contribution >= 4 is 17.7 Å². The molecule has 7 heteroatoms. The zero-order chi connectivity index (χ0) is 13.1. The minimum Gasteiger partial charge on any atom is -0.473 e. The molecule has 96 valence electrons. The van der Waals surface area contributed by atoms with E-state index in [4.69, 9.17) is 4.74 Å². The topological polar surface area (TPSA) is 97.8 Å². The summed E-state index contributed by atoms with van der Waals surface area (Å²) < 4.78 is 9.88. The van der Waals surface area contributed by atoms with Crippen LogP contribution in [0.4, 0.5) is 5.82 Å². The maximum absolute atomic E-state index is 11.7. The lowest BCUT2D eigenvalue weighted by Gasteiger charge is -2.26. The lowest BCUT2D eigenvalue weighted by atomic mass is 10.1. The Labute approximate surface area is 103 Å². The molecule has 1 amide bonds. The van der Waals surface area contributed by atoms with Crippen LogP contribution < -0.4 is 10.1 Å². The molecular formula is C11H12N2O5. The number of pyridine rings is 1. The van der Waals surface area contributed by atoms with Gasteiger partial charge in [0.15, 0.2) is 17.7 Å². The van der Waals surface area contributed by atoms with Crippen molar-refractivity contribution in [2.75, 3.05) is 11.9 Å². The number of rotatable bonds is 3. The number of hydrogen-bond donors (Lipinski definition) is 2. The van der Waals surface area contributed by atoms with Crippen LogP contribution in [0.15, 0.2) is 18.3 Å². The number of amides is 1. The summed E-state index contributed by atoms with van der Waals surface area (Å²) in [5, 5.41) is 12.1. The Morgan fingerprint density at radius 2 is 2.50 bits per heavy atom. The van der Waals surface area contributed by atoms with Gasteiger partial charge in [0, 0.05) is 6.20 Å². The predicted molar refractivity (Wildman–Crippen MR) is 59.9 cm³/mol. The van der Waals surface area contributed by atoms with Crippen LogP contribution in [0.25, 0.3) is 0 Å². The third-order valence-corrected chi connectivity index (χ3v) is 2.34. The molecule has 0 saturated carbocycles. The van der Waals surface area contributed by atoms with Gasteiger partial charge in [-0.2, -0.15) is 0 Å². The van der Waals surface area contributed by atoms with E-state index in [1.807, 2.05) is 0 Å². The van der Waals surface area contributed by atoms with Gasteiger partial charge < -0.3 is 19.9 Å². The summed E-state index contributed by atoms with van der Waals surface area (Å²) in [6.45, 7) is 1.72. The molecule has 1 aliphatic rings. The predicted octanol–water partition coefficient (Wildman–Crippen LogP) is -0.295. The summed E-state index contributed by atoms with van der Waals surface area (Å²) in [5.41, 5.74) is 0. The summed E-state index contributed by atoms with van der Waals surface area (Å²) >= 11 is 0. The highest BCUT2D eigenvalue weighted by molar-refractivity contribution is 5.99. The van der Waals surface area contributed by atoms with E-state index < -0.39 is 24.1 Å². The number of aliphatic hydroxyl groups is 1. The number of carbonyl (C=O) groups is 2. The highest BCUT2D eigenvalue weighted by Gasteiger charge is 2.39. The van der Waals surface area contributed by atoms with Crippen molar-refractivity contribution in [3.8, 4) is 5.75 Å². The number of esters is 1. The molecule has 2 N–H and O–H groups in total. The van der Waals surface area contributed by atoms with Crippen LogP contribution >= 0.6 is 0 Å². The highest BCUT2D eigenvalue weighted by Crippen LogP contribution is 2.27. The maximum Gasteiger partial charge on any atom is 0.339 e. The molecule has 0 bridgehead atoms. The number of anilines is 1. The zero-order valence-corrected chi connectivity index (χ0v) is 9.62. The summed E-state index contributed by atoms with van der Waals surface area (Å²) in [4.78, 5) is 26.9. The molecule has 0 aromatic carbocycles. The highest BCUT2D eigenvalue weighted by atomic mass is 16.6. The Hall–Kier alpha value is -2.15. The Morgan fingerprint density at radius 1 is 1.72 bits per heavy atom. The van der Waals surface area contributed by atoms with E-state index >= 15 is 0 Å². The number of aromatic nitrogens is 1. The summed E-state index contributed by atoms with van der Waals surface area (Å²) in [6.07, 6.45) is -1.51. The number of ether oxygens (including phenoxy) is 2. The Morgan fingerprint density at radius 3 is 3.22 bits per heavy atom. The van der Waals surface area contributed by atoms with E-state index in [0.29, 0.717) is 5.75 Å². The molecule has 2 rings (SSSR count). The quantitative estimate of drug-likeness (QED) is 0.717. The van der Waals surface area contributed by atoms with Gasteiger partial charge in [-0.15, -0.1) is 0 Å². The van der Waals surface area contributed by atoms with Crippen LogP contribution in [0, 0.1) is 0 Å². The van der Waals surface area contributed by atoms with Crippen molar-refractivity contribution < 1.29 is 24.2 Å². The van der Waals surface area contributed by atoms with E-state index in [9.17, 15) is 14.7 Å². The number of nitrogens with one attached hydrogen (secondary N) is 1. The third-order valence-electron chi connectivity index (χ3n) is 2.34. The molecule has 0 fully saturated rings. The van der Waals surface area contributed by atoms with Crippen LogP contribution in [0.1, 0.15) is 6.92 Å². The average Bonchev–Trinajstić information content (AvgIpc) is 2.37. The largest absolute Gasteiger partial charge is 0.473 e. The minimum absolute atomic E-state index is 0.113. The van der Waals surface area contributed by atoms with Gasteiger partial charge in [0.2, 0.25) is 6.10 Å². The fourth-order valence-corrected chi connectivity index (χ4v) is 1.52. The second-order valence-corrected chi connectivity index (χ2v) is 3.57. The first-order valence-electron chi connectivity index (χ1n) is 5.40. The van der Waals surface area contributed by atoms with Crippen LogP contribution in [-0.4, -0.2) is 40.8 Å². The van der Waals surface area contributed by atoms with Crippen molar-refractivity contribution in [1.82, 2.24) is 4.98 Å². The summed E-state index contributed by atoms with van der Waals surface area (Å²) in [5.74, 6) is -0.980. The number of aliphatic hydroxyl groups excluding tert-OH is 1. The molecule has 2 heterocycles. The van der Waals surface area contributed by atoms with Gasteiger partial charge in [-0.1, -0.05) is 0 Å². The Balaban J connectivity index is 2.17. The zero-order valence-electron chi connectivity index (χ0n) is 9.62. The Bertz CT molecular complexity index is 476. The van der Waals surface area contributed by atoms with Crippen LogP contribution in [0.2, 0.25) is 0 Å². The van der Waals surface area contributed by atoms with E-state index in [1.54, 1.807) is 19.1 Å². The van der Waals surface area contributed by atoms with Gasteiger partial charge in [0.1, 0.15) is 0 Å². The Kier molecular flexibility index (Phi) is 3.42. The molecule has 1 aromatic rings. The molecular weight excluding hydrogens is 240 g/mol. The van der Waals surface area contributed by atoms with Crippen molar-refractivity contribution in [2.45, 2.75) is 19.1 Å². The molecule has 0 spiro atoms. The molecule has 7 nitrogen and oxygen atoms in total. The SMILES string of the molecule is CCOC(=O)[C@H](O)[C@@H]1Oc2cccnc2NC1=O. The van der Waals surface area contributed by atoms with E-state index in [0.717, 1.165) is 0 Å². The van der Waals surface area contributed by atoms with E-state index in [-0.39, 0.29) is 12.4 Å². The molecule has 18 heavy (non-hydrogen) atoms. The summed E-state index contributed by atoms with van der Waals surface area (Å²) in [7, 11) is 0. The first kappa shape index (κ1) is 12.3. The third kappa shape index (κ3) is 2.25. The fraction of sp³-hybridized carbons (Fsp3) is 0.364. The fourth-order valence-electron chi connectivity index (χ4n) is 1.52. The van der Waals surface area contributed by atoms with Gasteiger partial charge in [-0.25, -0.2) is 9.78 Å². The van der Waals surface area contributed by atoms with E-state index in [2.05, 4.69) is 15.0 Å². The van der Waals surface area contributed by atoms with Gasteiger partial charge >= 0.3 is 5.97 Å². The lowest BCUT2D eigenvalue weighted by molar-refractivity contribution is -0.161. The molecule has 2 atom stereocenters. The molecule has 0 aliphatic carbocycles. The van der Waals surface area contributed by atoms with Crippen LogP contribution in [0.3, 0.4) is 0 Å². The summed E-state index contributed by atoms with van der Waals surface area (Å²) in [6, 6.07) is 3.19. The molecule has 0 unspecified atom stereocenters. The average molecular weight is 252 g/mol. The molecule has 1 aromatic heterocycles. The number of carbonyl (C=O) groups excluding carboxylic acids is 2. The molecule has 0 saturated heterocycles. The molecule has 0 radical (unpaired) electrons. The second kappa shape index (κ2) is 5.01. The van der Waals surface area contributed by atoms with Crippen molar-refractivity contribution in [2.24, 2.45) is 0 Å². The first-order valence-corrected chi connectivity index (χ1v) is 5.40. The van der Waals surface area contributed by atoms with Gasteiger partial charge in [-0.05, 0) is 19.1 Å². The minimum atomic E-state index is -1.67. The van der Waals surface area contributed by atoms with Gasteiger partial charge in [-0.3, -0.25) is 4.79 Å². The first-order chi connectivity index (χ1) is 8.63. The lowest BCUT2D eigenvalue weighted by Crippen LogP contribution is -2.49. The smallest absolute Gasteiger partial charge is 0.339 e. The van der Waals surface area contributed by atoms with Crippen molar-refractivity contribution in [1.29, 1.82) is 0 Å².